The predicted octanol–water partition coefficient (Wildman–Crippen LogP) is 2.74. The zero-order valence-corrected chi connectivity index (χ0v) is 17.0. The van der Waals surface area contributed by atoms with Crippen LogP contribution in [0.15, 0.2) is 37.1 Å². The third kappa shape index (κ3) is 2.70. The Morgan fingerprint density at radius 2 is 2.25 bits per heavy atom. The van der Waals surface area contributed by atoms with E-state index in [4.69, 9.17) is 12.2 Å². The molecule has 0 saturated carbocycles. The molecule has 146 valence electrons. The molecule has 2 aromatic rings. The fraction of sp³-hybridized carbons (Fsp3) is 0.455. The van der Waals surface area contributed by atoms with Gasteiger partial charge in [0.25, 0.3) is 0 Å². The van der Waals surface area contributed by atoms with Crippen LogP contribution in [0.25, 0.3) is 10.9 Å². The number of aromatic nitrogens is 1. The SMILES string of the molecule is C=CCN1C[C@H](CN2CC(=O)N(C)C2=S)CC2c3cccc4[nH]cc(c34)C[C@H]21. The van der Waals surface area contributed by atoms with Crippen molar-refractivity contribution in [1.82, 2.24) is 19.7 Å². The lowest BCUT2D eigenvalue weighted by atomic mass is 9.72. The van der Waals surface area contributed by atoms with E-state index >= 15 is 0 Å². The van der Waals surface area contributed by atoms with E-state index in [1.54, 1.807) is 11.9 Å². The molecule has 0 spiro atoms. The second-order valence-electron chi connectivity index (χ2n) is 8.42. The number of H-pyrrole nitrogens is 1. The van der Waals surface area contributed by atoms with Gasteiger partial charge in [0.15, 0.2) is 5.11 Å². The Kier molecular flexibility index (Phi) is 4.29. The monoisotopic (exact) mass is 394 g/mol. The van der Waals surface area contributed by atoms with Crippen LogP contribution < -0.4 is 0 Å². The van der Waals surface area contributed by atoms with E-state index in [1.807, 2.05) is 6.08 Å². The molecule has 1 aromatic carbocycles. The second-order valence-corrected chi connectivity index (χ2v) is 8.79. The standard InChI is InChI=1S/C22H26N4OS/c1-3-7-25-11-14(12-26-13-20(27)24(2)22(26)28)8-17-16-5-4-6-18-21(16)15(10-23-18)9-19(17)25/h3-6,10,14,17,19,23H,1,7-9,11-13H2,2H3/t14-,17?,19-/m1/s1. The van der Waals surface area contributed by atoms with Gasteiger partial charge in [0.2, 0.25) is 5.91 Å². The molecule has 1 unspecified atom stereocenters. The molecule has 5 nitrogen and oxygen atoms in total. The van der Waals surface area contributed by atoms with E-state index in [2.05, 4.69) is 45.8 Å². The van der Waals surface area contributed by atoms with Crippen molar-refractivity contribution < 1.29 is 4.79 Å². The summed E-state index contributed by atoms with van der Waals surface area (Å²) >= 11 is 5.49. The first kappa shape index (κ1) is 17.9. The molecule has 28 heavy (non-hydrogen) atoms. The molecule has 0 radical (unpaired) electrons. The number of nitrogens with one attached hydrogen (secondary N) is 1. The van der Waals surface area contributed by atoms with Crippen molar-refractivity contribution in [3.8, 4) is 0 Å². The molecule has 1 aromatic heterocycles. The van der Waals surface area contributed by atoms with Crippen LogP contribution in [0.1, 0.15) is 23.5 Å². The zero-order valence-electron chi connectivity index (χ0n) is 16.2. The van der Waals surface area contributed by atoms with Crippen LogP contribution >= 0.6 is 12.2 Å². The van der Waals surface area contributed by atoms with E-state index in [9.17, 15) is 4.79 Å². The Hall–Kier alpha value is -2.18. The smallest absolute Gasteiger partial charge is 0.248 e. The number of likely N-dealkylation sites (tertiary alicyclic amines) is 1. The Labute approximate surface area is 171 Å². The molecule has 3 aliphatic rings. The van der Waals surface area contributed by atoms with E-state index in [-0.39, 0.29) is 5.91 Å². The number of thiocarbonyl (C=S) groups is 1. The van der Waals surface area contributed by atoms with Crippen molar-refractivity contribution in [2.45, 2.75) is 24.8 Å². The molecule has 1 amide bonds. The van der Waals surface area contributed by atoms with Crippen molar-refractivity contribution in [3.05, 3.63) is 48.2 Å². The molecular weight excluding hydrogens is 368 g/mol. The van der Waals surface area contributed by atoms with Crippen LogP contribution in [0.5, 0.6) is 0 Å². The number of amides is 1. The normalized spacial score (nSPS) is 27.5. The maximum atomic E-state index is 12.0. The van der Waals surface area contributed by atoms with Crippen LogP contribution in [0, 0.1) is 5.92 Å². The van der Waals surface area contributed by atoms with E-state index < -0.39 is 0 Å². The van der Waals surface area contributed by atoms with Gasteiger partial charge >= 0.3 is 0 Å². The third-order valence-electron chi connectivity index (χ3n) is 6.76. The third-order valence-corrected chi connectivity index (χ3v) is 7.29. The lowest BCUT2D eigenvalue weighted by Crippen LogP contribution is -2.52. The van der Waals surface area contributed by atoms with Crippen LogP contribution in [-0.2, 0) is 11.2 Å². The lowest BCUT2D eigenvalue weighted by Gasteiger charge is -2.47. The predicted molar refractivity (Wildman–Crippen MR) is 115 cm³/mol. The van der Waals surface area contributed by atoms with Gasteiger partial charge in [0.05, 0.1) is 6.54 Å². The molecular formula is C22H26N4OS. The molecule has 1 N–H and O–H groups in total. The highest BCUT2D eigenvalue weighted by molar-refractivity contribution is 7.80. The van der Waals surface area contributed by atoms with Crippen LogP contribution in [0.3, 0.4) is 0 Å². The van der Waals surface area contributed by atoms with Gasteiger partial charge < -0.3 is 9.88 Å². The van der Waals surface area contributed by atoms with E-state index in [1.165, 1.54) is 22.0 Å². The van der Waals surface area contributed by atoms with Gasteiger partial charge in [0.1, 0.15) is 0 Å². The number of fused-ring (bicyclic) bond motifs is 2. The van der Waals surface area contributed by atoms with Crippen LogP contribution in [0.2, 0.25) is 0 Å². The highest BCUT2D eigenvalue weighted by Crippen LogP contribution is 2.44. The Bertz CT molecular complexity index is 967. The molecule has 0 bridgehead atoms. The number of hydrogen-bond donors (Lipinski definition) is 1. The summed E-state index contributed by atoms with van der Waals surface area (Å²) in [7, 11) is 1.78. The van der Waals surface area contributed by atoms with E-state index in [0.717, 1.165) is 32.5 Å². The Morgan fingerprint density at radius 3 is 3.00 bits per heavy atom. The summed E-state index contributed by atoms with van der Waals surface area (Å²) in [5, 5.41) is 2.09. The average Bonchev–Trinajstić information content (AvgIpc) is 3.21. The quantitative estimate of drug-likeness (QED) is 0.640. The number of carbonyl (C=O) groups is 1. The fourth-order valence-electron chi connectivity index (χ4n) is 5.52. The van der Waals surface area contributed by atoms with Crippen molar-refractivity contribution in [2.24, 2.45) is 5.92 Å². The maximum absolute atomic E-state index is 12.0. The van der Waals surface area contributed by atoms with Gasteiger partial charge in [-0.05, 0) is 48.2 Å². The first-order chi connectivity index (χ1) is 13.6. The van der Waals surface area contributed by atoms with Gasteiger partial charge in [-0.25, -0.2) is 0 Å². The molecule has 3 heterocycles. The number of piperidine rings is 1. The summed E-state index contributed by atoms with van der Waals surface area (Å²) < 4.78 is 0. The number of rotatable bonds is 4. The zero-order chi connectivity index (χ0) is 19.4. The molecule has 6 heteroatoms. The summed E-state index contributed by atoms with van der Waals surface area (Å²) in [6.07, 6.45) is 6.43. The van der Waals surface area contributed by atoms with E-state index in [0.29, 0.717) is 29.5 Å². The van der Waals surface area contributed by atoms with Crippen molar-refractivity contribution in [3.63, 3.8) is 0 Å². The molecule has 2 fully saturated rings. The minimum Gasteiger partial charge on any atom is -0.361 e. The lowest BCUT2D eigenvalue weighted by molar-refractivity contribution is -0.124. The van der Waals surface area contributed by atoms with Crippen LogP contribution in [-0.4, -0.2) is 70.0 Å². The average molecular weight is 395 g/mol. The minimum atomic E-state index is 0.0982. The van der Waals surface area contributed by atoms with Crippen molar-refractivity contribution >= 4 is 34.1 Å². The van der Waals surface area contributed by atoms with Gasteiger partial charge in [-0.1, -0.05) is 18.2 Å². The van der Waals surface area contributed by atoms with Gasteiger partial charge in [-0.15, -0.1) is 6.58 Å². The van der Waals surface area contributed by atoms with Crippen molar-refractivity contribution in [1.29, 1.82) is 0 Å². The van der Waals surface area contributed by atoms with Gasteiger partial charge in [-0.3, -0.25) is 14.6 Å². The summed E-state index contributed by atoms with van der Waals surface area (Å²) in [6, 6.07) is 7.17. The summed E-state index contributed by atoms with van der Waals surface area (Å²) in [5.41, 5.74) is 4.16. The topological polar surface area (TPSA) is 42.6 Å². The first-order valence-corrected chi connectivity index (χ1v) is 10.5. The minimum absolute atomic E-state index is 0.0982. The Morgan fingerprint density at radius 1 is 1.39 bits per heavy atom. The first-order valence-electron chi connectivity index (χ1n) is 10.1. The molecule has 5 rings (SSSR count). The number of benzene rings is 1. The number of nitrogens with zero attached hydrogens (tertiary/aromatic N) is 3. The largest absolute Gasteiger partial charge is 0.361 e. The highest BCUT2D eigenvalue weighted by atomic mass is 32.1. The number of carbonyl (C=O) groups excluding carboxylic acids is 1. The molecule has 3 atom stereocenters. The number of aromatic amines is 1. The second kappa shape index (κ2) is 6.71. The van der Waals surface area contributed by atoms with Gasteiger partial charge in [0, 0.05) is 55.7 Å². The number of hydrogen-bond acceptors (Lipinski definition) is 3. The van der Waals surface area contributed by atoms with Crippen LogP contribution in [0.4, 0.5) is 0 Å². The van der Waals surface area contributed by atoms with Crippen molar-refractivity contribution in [2.75, 3.05) is 33.2 Å². The molecule has 2 saturated heterocycles. The highest BCUT2D eigenvalue weighted by Gasteiger charge is 2.42. The Balaban J connectivity index is 1.46. The summed E-state index contributed by atoms with van der Waals surface area (Å²) in [6.45, 7) is 7.19. The summed E-state index contributed by atoms with van der Waals surface area (Å²) in [5.74, 6) is 1.09. The molecule has 1 aliphatic carbocycles. The van der Waals surface area contributed by atoms with Gasteiger partial charge in [-0.2, -0.15) is 0 Å². The summed E-state index contributed by atoms with van der Waals surface area (Å²) in [4.78, 5) is 21.8. The fourth-order valence-corrected chi connectivity index (χ4v) is 5.76. The maximum Gasteiger partial charge on any atom is 0.248 e. The number of likely N-dealkylation sites (N-methyl/N-ethyl adjacent to an activating group) is 1. The molecule has 2 aliphatic heterocycles.